The minimum atomic E-state index is -0.540. The van der Waals surface area contributed by atoms with Crippen LogP contribution in [0, 0.1) is 12.8 Å². The second-order valence-electron chi connectivity index (χ2n) is 8.44. The van der Waals surface area contributed by atoms with Gasteiger partial charge in [-0.25, -0.2) is 0 Å². The van der Waals surface area contributed by atoms with Crippen molar-refractivity contribution in [3.63, 3.8) is 0 Å². The Morgan fingerprint density at radius 3 is 2.63 bits per heavy atom. The van der Waals surface area contributed by atoms with Crippen molar-refractivity contribution in [2.45, 2.75) is 59.1 Å². The number of aryl methyl sites for hydroxylation is 1. The van der Waals surface area contributed by atoms with E-state index in [0.717, 1.165) is 30.1 Å². The zero-order valence-corrected chi connectivity index (χ0v) is 19.2. The first-order valence-electron chi connectivity index (χ1n) is 11.0. The second kappa shape index (κ2) is 10.2. The summed E-state index contributed by atoms with van der Waals surface area (Å²) in [7, 11) is 0. The van der Waals surface area contributed by atoms with Gasteiger partial charge in [-0.1, -0.05) is 37.6 Å². The molecule has 1 aliphatic heterocycles. The molecule has 1 amide bonds. The van der Waals surface area contributed by atoms with Crippen molar-refractivity contribution < 1.29 is 9.53 Å². The molecule has 0 aromatic heterocycles. The Bertz CT molecular complexity index is 853. The molecule has 1 saturated heterocycles. The molecule has 30 heavy (non-hydrogen) atoms. The Labute approximate surface area is 185 Å². The lowest BCUT2D eigenvalue weighted by Crippen LogP contribution is -2.39. The van der Waals surface area contributed by atoms with Crippen molar-refractivity contribution in [2.24, 2.45) is 5.92 Å². The molecule has 3 rings (SSSR count). The summed E-state index contributed by atoms with van der Waals surface area (Å²) >= 11 is 6.08. The number of carbonyl (C=O) groups is 1. The average molecular weight is 429 g/mol. The number of anilines is 1. The van der Waals surface area contributed by atoms with Crippen molar-refractivity contribution in [1.82, 2.24) is 5.32 Å². The average Bonchev–Trinajstić information content (AvgIpc) is 2.74. The first-order chi connectivity index (χ1) is 14.4. The maximum atomic E-state index is 12.8. The number of carbonyl (C=O) groups excluding carboxylic acids is 1. The lowest BCUT2D eigenvalue weighted by molar-refractivity contribution is -0.128. The number of ether oxygens (including phenoxy) is 1. The summed E-state index contributed by atoms with van der Waals surface area (Å²) in [6.07, 6.45) is 2.61. The summed E-state index contributed by atoms with van der Waals surface area (Å²) in [5, 5.41) is 3.79. The highest BCUT2D eigenvalue weighted by molar-refractivity contribution is 6.31. The van der Waals surface area contributed by atoms with Crippen LogP contribution in [0.25, 0.3) is 0 Å². The van der Waals surface area contributed by atoms with Crippen molar-refractivity contribution in [3.8, 4) is 5.75 Å². The number of halogens is 1. The van der Waals surface area contributed by atoms with E-state index in [4.69, 9.17) is 16.3 Å². The van der Waals surface area contributed by atoms with E-state index in [0.29, 0.717) is 17.2 Å². The van der Waals surface area contributed by atoms with Gasteiger partial charge in [0.15, 0.2) is 6.10 Å². The molecule has 0 radical (unpaired) electrons. The van der Waals surface area contributed by atoms with Crippen LogP contribution in [0.2, 0.25) is 5.02 Å². The number of hydrogen-bond acceptors (Lipinski definition) is 3. The molecule has 0 unspecified atom stereocenters. The maximum absolute atomic E-state index is 12.8. The van der Waals surface area contributed by atoms with Gasteiger partial charge >= 0.3 is 0 Å². The van der Waals surface area contributed by atoms with Crippen LogP contribution in [-0.4, -0.2) is 25.1 Å². The Balaban J connectivity index is 1.60. The van der Waals surface area contributed by atoms with Crippen molar-refractivity contribution in [1.29, 1.82) is 0 Å². The molecular formula is C25H33ClN2O2. The van der Waals surface area contributed by atoms with Gasteiger partial charge in [0.05, 0.1) is 6.04 Å². The van der Waals surface area contributed by atoms with E-state index in [1.807, 2.05) is 26.8 Å². The van der Waals surface area contributed by atoms with Gasteiger partial charge in [-0.15, -0.1) is 0 Å². The Kier molecular flexibility index (Phi) is 7.65. The van der Waals surface area contributed by atoms with Gasteiger partial charge in [0, 0.05) is 23.8 Å². The highest BCUT2D eigenvalue weighted by atomic mass is 35.5. The fourth-order valence-electron chi connectivity index (χ4n) is 3.96. The minimum Gasteiger partial charge on any atom is -0.481 e. The van der Waals surface area contributed by atoms with Gasteiger partial charge in [0.25, 0.3) is 5.91 Å². The molecule has 0 spiro atoms. The maximum Gasteiger partial charge on any atom is 0.261 e. The van der Waals surface area contributed by atoms with Crippen LogP contribution in [0.15, 0.2) is 42.5 Å². The quantitative estimate of drug-likeness (QED) is 0.595. The van der Waals surface area contributed by atoms with Crippen molar-refractivity contribution in [3.05, 3.63) is 58.6 Å². The molecule has 1 N–H and O–H groups in total. The van der Waals surface area contributed by atoms with Crippen LogP contribution in [0.5, 0.6) is 5.75 Å². The molecule has 0 saturated carbocycles. The van der Waals surface area contributed by atoms with E-state index < -0.39 is 6.10 Å². The third-order valence-corrected chi connectivity index (χ3v) is 6.27. The lowest BCUT2D eigenvalue weighted by Gasteiger charge is -2.33. The zero-order valence-electron chi connectivity index (χ0n) is 18.5. The van der Waals surface area contributed by atoms with E-state index in [1.165, 1.54) is 18.5 Å². The standard InChI is InChI=1S/C25H33ClN2O2/c1-5-24(30-22-12-13-23(26)18(3)15-22)25(29)27-19(4)20-8-10-21(11-9-20)28-14-6-7-17(2)16-28/h8-13,15,17,19,24H,5-7,14,16H2,1-4H3,(H,27,29)/t17-,19-,24-/m0/s1. The first kappa shape index (κ1) is 22.5. The number of benzene rings is 2. The molecule has 2 aromatic rings. The third-order valence-electron chi connectivity index (χ3n) is 5.84. The molecule has 1 fully saturated rings. The van der Waals surface area contributed by atoms with E-state index in [-0.39, 0.29) is 11.9 Å². The fraction of sp³-hybridized carbons (Fsp3) is 0.480. The third kappa shape index (κ3) is 5.69. The second-order valence-corrected chi connectivity index (χ2v) is 8.85. The molecular weight excluding hydrogens is 396 g/mol. The van der Waals surface area contributed by atoms with Crippen LogP contribution < -0.4 is 15.0 Å². The van der Waals surface area contributed by atoms with Gasteiger partial charge in [0.2, 0.25) is 0 Å². The molecule has 0 bridgehead atoms. The summed E-state index contributed by atoms with van der Waals surface area (Å²) in [5.74, 6) is 1.30. The smallest absolute Gasteiger partial charge is 0.261 e. The summed E-state index contributed by atoms with van der Waals surface area (Å²) in [6.45, 7) is 10.4. The molecule has 3 atom stereocenters. The van der Waals surface area contributed by atoms with Crippen molar-refractivity contribution >= 4 is 23.2 Å². The van der Waals surface area contributed by atoms with Gasteiger partial charge in [-0.2, -0.15) is 0 Å². The monoisotopic (exact) mass is 428 g/mol. The molecule has 1 heterocycles. The van der Waals surface area contributed by atoms with E-state index in [2.05, 4.69) is 41.4 Å². The first-order valence-corrected chi connectivity index (χ1v) is 11.3. The Morgan fingerprint density at radius 1 is 1.27 bits per heavy atom. The molecule has 5 heteroatoms. The van der Waals surface area contributed by atoms with Gasteiger partial charge in [-0.3, -0.25) is 4.79 Å². The van der Waals surface area contributed by atoms with Gasteiger partial charge in [0.1, 0.15) is 5.75 Å². The molecule has 162 valence electrons. The number of rotatable bonds is 7. The minimum absolute atomic E-state index is 0.0866. The number of hydrogen-bond donors (Lipinski definition) is 1. The van der Waals surface area contributed by atoms with E-state index in [9.17, 15) is 4.79 Å². The summed E-state index contributed by atoms with van der Waals surface area (Å²) in [6, 6.07) is 13.9. The zero-order chi connectivity index (χ0) is 21.7. The lowest BCUT2D eigenvalue weighted by atomic mass is 9.99. The highest BCUT2D eigenvalue weighted by Gasteiger charge is 2.21. The molecule has 1 aliphatic rings. The van der Waals surface area contributed by atoms with Crippen LogP contribution in [-0.2, 0) is 4.79 Å². The predicted molar refractivity (Wildman–Crippen MR) is 125 cm³/mol. The van der Waals surface area contributed by atoms with Gasteiger partial charge in [-0.05, 0) is 80.5 Å². The number of piperidine rings is 1. The summed E-state index contributed by atoms with van der Waals surface area (Å²) in [4.78, 5) is 15.2. The van der Waals surface area contributed by atoms with Crippen LogP contribution >= 0.6 is 11.6 Å². The number of amides is 1. The molecule has 4 nitrogen and oxygen atoms in total. The fourth-order valence-corrected chi connectivity index (χ4v) is 4.08. The van der Waals surface area contributed by atoms with E-state index in [1.54, 1.807) is 12.1 Å². The Hall–Kier alpha value is -2.20. The molecule has 0 aliphatic carbocycles. The van der Waals surface area contributed by atoms with Crippen molar-refractivity contribution in [2.75, 3.05) is 18.0 Å². The van der Waals surface area contributed by atoms with E-state index >= 15 is 0 Å². The van der Waals surface area contributed by atoms with Crippen LogP contribution in [0.3, 0.4) is 0 Å². The Morgan fingerprint density at radius 2 is 2.00 bits per heavy atom. The van der Waals surface area contributed by atoms with Gasteiger partial charge < -0.3 is 15.0 Å². The normalized spacial score (nSPS) is 18.6. The number of nitrogens with zero attached hydrogens (tertiary/aromatic N) is 1. The summed E-state index contributed by atoms with van der Waals surface area (Å²) in [5.41, 5.74) is 3.28. The topological polar surface area (TPSA) is 41.6 Å². The predicted octanol–water partition coefficient (Wildman–Crippen LogP) is 5.92. The largest absolute Gasteiger partial charge is 0.481 e. The SMILES string of the molecule is CC[C@H](Oc1ccc(Cl)c(C)c1)C(=O)N[C@@H](C)c1ccc(N2CCC[C@H](C)C2)cc1. The van der Waals surface area contributed by atoms with Crippen LogP contribution in [0.1, 0.15) is 57.2 Å². The molecule has 2 aromatic carbocycles. The number of nitrogens with one attached hydrogen (secondary N) is 1. The summed E-state index contributed by atoms with van der Waals surface area (Å²) < 4.78 is 5.93. The van der Waals surface area contributed by atoms with Crippen LogP contribution in [0.4, 0.5) is 5.69 Å². The highest BCUT2D eigenvalue weighted by Crippen LogP contribution is 2.25.